The fraction of sp³-hybridized carbons (Fsp3) is 0.417. The predicted molar refractivity (Wildman–Crippen MR) is 123 cm³/mol. The van der Waals surface area contributed by atoms with Gasteiger partial charge in [0.05, 0.1) is 11.3 Å². The molecular weight excluding hydrogens is 408 g/mol. The van der Waals surface area contributed by atoms with Crippen LogP contribution in [0.5, 0.6) is 0 Å². The van der Waals surface area contributed by atoms with Gasteiger partial charge >= 0.3 is 0 Å². The summed E-state index contributed by atoms with van der Waals surface area (Å²) in [7, 11) is 0. The summed E-state index contributed by atoms with van der Waals surface area (Å²) in [5, 5.41) is 13.4. The molecule has 7 heteroatoms. The number of anilines is 2. The van der Waals surface area contributed by atoms with Crippen molar-refractivity contribution in [2.45, 2.75) is 50.5 Å². The van der Waals surface area contributed by atoms with Gasteiger partial charge in [-0.15, -0.1) is 0 Å². The zero-order valence-corrected chi connectivity index (χ0v) is 18.6. The first kappa shape index (κ1) is 21.4. The standard InChI is InChI=1S/C24H26N4O2S/c1-16(29)17-8-10-18(11-9-17)26-22(30)15-31-24-21(14-25)19-6-2-3-7-20(19)23(27-24)28-12-4-5-13-28/h8-11H,2-7,12-13,15H2,1H3,(H,26,30). The third-order valence-corrected chi connectivity index (χ3v) is 6.87. The van der Waals surface area contributed by atoms with Crippen LogP contribution in [0.4, 0.5) is 11.5 Å². The summed E-state index contributed by atoms with van der Waals surface area (Å²) in [4.78, 5) is 31.1. The van der Waals surface area contributed by atoms with E-state index in [-0.39, 0.29) is 17.4 Å². The van der Waals surface area contributed by atoms with E-state index in [1.54, 1.807) is 24.3 Å². The van der Waals surface area contributed by atoms with Crippen molar-refractivity contribution in [2.24, 2.45) is 0 Å². The number of carbonyl (C=O) groups excluding carboxylic acids is 2. The summed E-state index contributed by atoms with van der Waals surface area (Å²) >= 11 is 1.33. The third-order valence-electron chi connectivity index (χ3n) is 5.89. The van der Waals surface area contributed by atoms with E-state index in [0.717, 1.165) is 50.2 Å². The molecule has 2 heterocycles. The number of nitrogens with zero attached hydrogens (tertiary/aromatic N) is 3. The lowest BCUT2D eigenvalue weighted by Gasteiger charge is -2.27. The van der Waals surface area contributed by atoms with Gasteiger partial charge in [0.1, 0.15) is 16.9 Å². The largest absolute Gasteiger partial charge is 0.356 e. The van der Waals surface area contributed by atoms with E-state index < -0.39 is 0 Å². The number of thioether (sulfide) groups is 1. The highest BCUT2D eigenvalue weighted by molar-refractivity contribution is 8.00. The highest BCUT2D eigenvalue weighted by Crippen LogP contribution is 2.37. The van der Waals surface area contributed by atoms with Gasteiger partial charge in [-0.2, -0.15) is 5.26 Å². The zero-order valence-electron chi connectivity index (χ0n) is 17.7. The van der Waals surface area contributed by atoms with Crippen molar-refractivity contribution in [1.82, 2.24) is 4.98 Å². The van der Waals surface area contributed by atoms with E-state index in [2.05, 4.69) is 16.3 Å². The van der Waals surface area contributed by atoms with Crippen molar-refractivity contribution in [3.8, 4) is 6.07 Å². The van der Waals surface area contributed by atoms with Crippen LogP contribution in [0.3, 0.4) is 0 Å². The Hall–Kier alpha value is -2.85. The number of benzene rings is 1. The molecule has 1 aliphatic heterocycles. The number of nitrogens with one attached hydrogen (secondary N) is 1. The third kappa shape index (κ3) is 4.75. The number of pyridine rings is 1. The predicted octanol–water partition coefficient (Wildman–Crippen LogP) is 4.37. The molecule has 2 aromatic rings. The molecular formula is C24H26N4O2S. The van der Waals surface area contributed by atoms with E-state index in [0.29, 0.717) is 21.8 Å². The number of fused-ring (bicyclic) bond motifs is 1. The fourth-order valence-electron chi connectivity index (χ4n) is 4.31. The number of aromatic nitrogens is 1. The number of nitriles is 1. The second-order valence-corrected chi connectivity index (χ2v) is 9.02. The number of ketones is 1. The highest BCUT2D eigenvalue weighted by Gasteiger charge is 2.26. The minimum Gasteiger partial charge on any atom is -0.356 e. The lowest BCUT2D eigenvalue weighted by molar-refractivity contribution is -0.113. The Morgan fingerprint density at radius 3 is 2.42 bits per heavy atom. The number of amides is 1. The van der Waals surface area contributed by atoms with E-state index in [9.17, 15) is 14.9 Å². The lowest BCUT2D eigenvalue weighted by atomic mass is 9.89. The molecule has 0 spiro atoms. The maximum Gasteiger partial charge on any atom is 0.234 e. The van der Waals surface area contributed by atoms with E-state index in [1.165, 1.54) is 37.1 Å². The molecule has 1 aliphatic carbocycles. The molecule has 1 fully saturated rings. The molecule has 1 N–H and O–H groups in total. The maximum absolute atomic E-state index is 12.5. The Bertz CT molecular complexity index is 1040. The number of carbonyl (C=O) groups is 2. The molecule has 1 amide bonds. The van der Waals surface area contributed by atoms with Crippen LogP contribution in [0.25, 0.3) is 0 Å². The van der Waals surface area contributed by atoms with Crippen LogP contribution in [-0.4, -0.2) is 35.5 Å². The van der Waals surface area contributed by atoms with Crippen LogP contribution >= 0.6 is 11.8 Å². The maximum atomic E-state index is 12.5. The summed E-state index contributed by atoms with van der Waals surface area (Å²) in [6.07, 6.45) is 6.45. The molecule has 0 bridgehead atoms. The molecule has 1 aromatic carbocycles. The molecule has 0 radical (unpaired) electrons. The van der Waals surface area contributed by atoms with Crippen molar-refractivity contribution in [1.29, 1.82) is 5.26 Å². The summed E-state index contributed by atoms with van der Waals surface area (Å²) in [5.41, 5.74) is 4.27. The van der Waals surface area contributed by atoms with Gasteiger partial charge < -0.3 is 10.2 Å². The molecule has 31 heavy (non-hydrogen) atoms. The number of rotatable bonds is 6. The average Bonchev–Trinajstić information content (AvgIpc) is 3.32. The fourth-order valence-corrected chi connectivity index (χ4v) is 5.11. The van der Waals surface area contributed by atoms with Crippen LogP contribution in [-0.2, 0) is 17.6 Å². The Balaban J connectivity index is 1.52. The van der Waals surface area contributed by atoms with Gasteiger partial charge in [0.25, 0.3) is 0 Å². The topological polar surface area (TPSA) is 86.1 Å². The second-order valence-electron chi connectivity index (χ2n) is 8.06. The Morgan fingerprint density at radius 1 is 1.10 bits per heavy atom. The van der Waals surface area contributed by atoms with Gasteiger partial charge in [0.2, 0.25) is 5.91 Å². The SMILES string of the molecule is CC(=O)c1ccc(NC(=O)CSc2nc(N3CCCC3)c3c(c2C#N)CCCC3)cc1. The number of Topliss-reactive ketones (excluding diaryl/α,β-unsaturated/α-hetero) is 1. The lowest BCUT2D eigenvalue weighted by Crippen LogP contribution is -2.24. The zero-order chi connectivity index (χ0) is 21.8. The molecule has 2 aliphatic rings. The van der Waals surface area contributed by atoms with Crippen molar-refractivity contribution in [3.05, 3.63) is 46.5 Å². The second kappa shape index (κ2) is 9.52. The van der Waals surface area contributed by atoms with Crippen LogP contribution < -0.4 is 10.2 Å². The number of hydrogen-bond acceptors (Lipinski definition) is 6. The summed E-state index contributed by atoms with van der Waals surface area (Å²) in [6, 6.07) is 9.22. The summed E-state index contributed by atoms with van der Waals surface area (Å²) in [5.74, 6) is 1.03. The first-order valence-electron chi connectivity index (χ1n) is 10.8. The molecule has 160 valence electrons. The molecule has 1 aromatic heterocycles. The van der Waals surface area contributed by atoms with Crippen LogP contribution in [0.15, 0.2) is 29.3 Å². The quantitative estimate of drug-likeness (QED) is 0.537. The minimum atomic E-state index is -0.160. The molecule has 0 unspecified atom stereocenters. The molecule has 0 saturated carbocycles. The van der Waals surface area contributed by atoms with Crippen molar-refractivity contribution in [3.63, 3.8) is 0 Å². The normalized spacial score (nSPS) is 15.3. The molecule has 6 nitrogen and oxygen atoms in total. The average molecular weight is 435 g/mol. The molecule has 1 saturated heterocycles. The Kier molecular flexibility index (Phi) is 6.57. The first-order valence-corrected chi connectivity index (χ1v) is 11.8. The van der Waals surface area contributed by atoms with Crippen molar-refractivity contribution < 1.29 is 9.59 Å². The van der Waals surface area contributed by atoms with E-state index >= 15 is 0 Å². The monoisotopic (exact) mass is 434 g/mol. The van der Waals surface area contributed by atoms with Gasteiger partial charge in [0.15, 0.2) is 5.78 Å². The Labute approximate surface area is 187 Å². The van der Waals surface area contributed by atoms with Gasteiger partial charge in [-0.25, -0.2) is 4.98 Å². The highest BCUT2D eigenvalue weighted by atomic mass is 32.2. The van der Waals surface area contributed by atoms with Crippen LogP contribution in [0, 0.1) is 11.3 Å². The smallest absolute Gasteiger partial charge is 0.234 e. The van der Waals surface area contributed by atoms with Gasteiger partial charge in [-0.1, -0.05) is 11.8 Å². The van der Waals surface area contributed by atoms with E-state index in [4.69, 9.17) is 4.98 Å². The molecule has 0 atom stereocenters. The first-order chi connectivity index (χ1) is 15.1. The number of hydrogen-bond donors (Lipinski definition) is 1. The van der Waals surface area contributed by atoms with Crippen LogP contribution in [0.2, 0.25) is 0 Å². The molecule has 4 rings (SSSR count). The van der Waals surface area contributed by atoms with Gasteiger partial charge in [0, 0.05) is 24.3 Å². The van der Waals surface area contributed by atoms with E-state index in [1.807, 2.05) is 0 Å². The Morgan fingerprint density at radius 2 is 1.77 bits per heavy atom. The van der Waals surface area contributed by atoms with Gasteiger partial charge in [-0.05, 0) is 80.8 Å². The van der Waals surface area contributed by atoms with Gasteiger partial charge in [-0.3, -0.25) is 9.59 Å². The summed E-state index contributed by atoms with van der Waals surface area (Å²) in [6.45, 7) is 3.53. The summed E-state index contributed by atoms with van der Waals surface area (Å²) < 4.78 is 0. The minimum absolute atomic E-state index is 0.00949. The van der Waals surface area contributed by atoms with Crippen molar-refractivity contribution in [2.75, 3.05) is 29.1 Å². The van der Waals surface area contributed by atoms with Crippen LogP contribution in [0.1, 0.15) is 59.7 Å². The van der Waals surface area contributed by atoms with Crippen molar-refractivity contribution >= 4 is 35.0 Å².